The van der Waals surface area contributed by atoms with Gasteiger partial charge in [-0.15, -0.1) is 16.8 Å². The van der Waals surface area contributed by atoms with Crippen molar-refractivity contribution in [3.8, 4) is 5.75 Å². The molecule has 0 fully saturated rings. The fraction of sp³-hybridized carbons (Fsp3) is 0.421. The van der Waals surface area contributed by atoms with Gasteiger partial charge in [-0.3, -0.25) is 9.36 Å². The summed E-state index contributed by atoms with van der Waals surface area (Å²) in [7, 11) is 0. The van der Waals surface area contributed by atoms with Gasteiger partial charge in [-0.2, -0.15) is 0 Å². The lowest BCUT2D eigenvalue weighted by molar-refractivity contribution is -0.121. The van der Waals surface area contributed by atoms with E-state index in [0.717, 1.165) is 0 Å². The van der Waals surface area contributed by atoms with Crippen LogP contribution in [0, 0.1) is 5.82 Å². The van der Waals surface area contributed by atoms with Crippen molar-refractivity contribution in [3.05, 3.63) is 48.6 Å². The maximum Gasteiger partial charge on any atom is 0.233 e. The number of benzene rings is 1. The molecule has 146 valence electrons. The van der Waals surface area contributed by atoms with Crippen molar-refractivity contribution in [2.24, 2.45) is 0 Å². The van der Waals surface area contributed by atoms with Crippen molar-refractivity contribution in [1.82, 2.24) is 20.1 Å². The third-order valence-corrected chi connectivity index (χ3v) is 4.52. The van der Waals surface area contributed by atoms with Crippen LogP contribution in [0.4, 0.5) is 4.39 Å². The summed E-state index contributed by atoms with van der Waals surface area (Å²) in [5.74, 6) is 0.755. The van der Waals surface area contributed by atoms with Crippen LogP contribution in [-0.4, -0.2) is 31.5 Å². The van der Waals surface area contributed by atoms with Gasteiger partial charge in [0.15, 0.2) is 11.0 Å². The standard InChI is InChI=1S/C19H25FN4O2S/c1-6-11-24-16(12-26-15-9-7-14(20)8-10-15)22-23-18(24)27-13(2)17(25)21-19(3,4)5/h6-10,13H,1,11-12H2,2-5H3,(H,21,25)/t13-/m1/s1. The second-order valence-corrected chi connectivity index (χ2v) is 8.35. The first-order chi connectivity index (χ1) is 12.7. The number of hydrogen-bond donors (Lipinski definition) is 1. The predicted molar refractivity (Wildman–Crippen MR) is 104 cm³/mol. The highest BCUT2D eigenvalue weighted by molar-refractivity contribution is 8.00. The molecule has 0 spiro atoms. The lowest BCUT2D eigenvalue weighted by Gasteiger charge is -2.22. The molecule has 0 bridgehead atoms. The summed E-state index contributed by atoms with van der Waals surface area (Å²) < 4.78 is 20.5. The fourth-order valence-electron chi connectivity index (χ4n) is 2.19. The molecule has 1 aromatic heterocycles. The van der Waals surface area contributed by atoms with Gasteiger partial charge >= 0.3 is 0 Å². The number of ether oxygens (including phenoxy) is 1. The number of nitrogens with one attached hydrogen (secondary N) is 1. The maximum atomic E-state index is 13.0. The number of thioether (sulfide) groups is 1. The average molecular weight is 393 g/mol. The Hall–Kier alpha value is -2.35. The van der Waals surface area contributed by atoms with Crippen molar-refractivity contribution >= 4 is 17.7 Å². The summed E-state index contributed by atoms with van der Waals surface area (Å²) in [6, 6.07) is 5.78. The van der Waals surface area contributed by atoms with Gasteiger partial charge in [0.25, 0.3) is 0 Å². The maximum absolute atomic E-state index is 13.0. The molecule has 1 aromatic carbocycles. The van der Waals surface area contributed by atoms with E-state index in [2.05, 4.69) is 22.1 Å². The molecule has 1 amide bonds. The first-order valence-electron chi connectivity index (χ1n) is 8.59. The number of nitrogens with zero attached hydrogens (tertiary/aromatic N) is 3. The zero-order chi connectivity index (χ0) is 20.0. The minimum atomic E-state index is -0.331. The number of allylic oxidation sites excluding steroid dienone is 1. The molecular formula is C19H25FN4O2S. The first-order valence-corrected chi connectivity index (χ1v) is 9.47. The second-order valence-electron chi connectivity index (χ2n) is 7.04. The average Bonchev–Trinajstić information content (AvgIpc) is 2.95. The Morgan fingerprint density at radius 1 is 1.37 bits per heavy atom. The summed E-state index contributed by atoms with van der Waals surface area (Å²) in [5, 5.41) is 11.6. The predicted octanol–water partition coefficient (Wildman–Crippen LogP) is 3.58. The highest BCUT2D eigenvalue weighted by Gasteiger charge is 2.23. The lowest BCUT2D eigenvalue weighted by Crippen LogP contribution is -2.44. The number of halogens is 1. The van der Waals surface area contributed by atoms with Crippen molar-refractivity contribution in [1.29, 1.82) is 0 Å². The van der Waals surface area contributed by atoms with Crippen LogP contribution < -0.4 is 10.1 Å². The summed E-state index contributed by atoms with van der Waals surface area (Å²) >= 11 is 1.33. The summed E-state index contributed by atoms with van der Waals surface area (Å²) in [6.45, 7) is 12.1. The van der Waals surface area contributed by atoms with Crippen molar-refractivity contribution in [2.75, 3.05) is 0 Å². The topological polar surface area (TPSA) is 69.0 Å². The Labute approximate surface area is 163 Å². The largest absolute Gasteiger partial charge is 0.486 e. The van der Waals surface area contributed by atoms with Crippen LogP contribution in [0.1, 0.15) is 33.5 Å². The smallest absolute Gasteiger partial charge is 0.233 e. The van der Waals surface area contributed by atoms with E-state index in [9.17, 15) is 9.18 Å². The van der Waals surface area contributed by atoms with Gasteiger partial charge in [-0.05, 0) is 52.0 Å². The zero-order valence-corrected chi connectivity index (χ0v) is 16.8. The molecule has 1 atom stereocenters. The minimum Gasteiger partial charge on any atom is -0.486 e. The van der Waals surface area contributed by atoms with Crippen LogP contribution in [0.15, 0.2) is 42.1 Å². The van der Waals surface area contributed by atoms with Crippen LogP contribution in [0.2, 0.25) is 0 Å². The van der Waals surface area contributed by atoms with Crippen molar-refractivity contribution in [3.63, 3.8) is 0 Å². The van der Waals surface area contributed by atoms with E-state index in [1.807, 2.05) is 32.3 Å². The van der Waals surface area contributed by atoms with E-state index in [-0.39, 0.29) is 29.1 Å². The van der Waals surface area contributed by atoms with Crippen LogP contribution >= 0.6 is 11.8 Å². The number of aromatic nitrogens is 3. The third kappa shape index (κ3) is 6.39. The molecule has 8 heteroatoms. The van der Waals surface area contributed by atoms with Gasteiger partial charge in [0.1, 0.15) is 18.2 Å². The SMILES string of the molecule is C=CCn1c(COc2ccc(F)cc2)nnc1S[C@H](C)C(=O)NC(C)(C)C. The monoisotopic (exact) mass is 392 g/mol. The molecule has 1 N–H and O–H groups in total. The lowest BCUT2D eigenvalue weighted by atomic mass is 10.1. The Bertz CT molecular complexity index is 784. The molecule has 1 heterocycles. The molecule has 2 rings (SSSR count). The molecule has 0 aliphatic heterocycles. The minimum absolute atomic E-state index is 0.0650. The van der Waals surface area contributed by atoms with Crippen molar-refractivity contribution < 1.29 is 13.9 Å². The van der Waals surface area contributed by atoms with E-state index in [1.54, 1.807) is 18.2 Å². The van der Waals surface area contributed by atoms with Gasteiger partial charge in [-0.25, -0.2) is 4.39 Å². The third-order valence-electron chi connectivity index (χ3n) is 3.44. The molecule has 27 heavy (non-hydrogen) atoms. The highest BCUT2D eigenvalue weighted by atomic mass is 32.2. The van der Waals surface area contributed by atoms with E-state index in [0.29, 0.717) is 23.3 Å². The molecule has 0 saturated carbocycles. The molecule has 2 aromatic rings. The van der Waals surface area contributed by atoms with Crippen LogP contribution in [0.5, 0.6) is 5.75 Å². The van der Waals surface area contributed by atoms with Gasteiger partial charge in [0, 0.05) is 12.1 Å². The van der Waals surface area contributed by atoms with Crippen molar-refractivity contribution in [2.45, 2.75) is 56.8 Å². The molecule has 6 nitrogen and oxygen atoms in total. The molecule has 0 aliphatic carbocycles. The number of rotatable bonds is 8. The Kier molecular flexibility index (Phi) is 7.01. The summed E-state index contributed by atoms with van der Waals surface area (Å²) in [4.78, 5) is 12.3. The molecule has 0 radical (unpaired) electrons. The second kappa shape index (κ2) is 9.03. The quantitative estimate of drug-likeness (QED) is 0.549. The molecule has 0 unspecified atom stereocenters. The Balaban J connectivity index is 2.08. The van der Waals surface area contributed by atoms with E-state index >= 15 is 0 Å². The van der Waals surface area contributed by atoms with E-state index in [1.165, 1.54) is 23.9 Å². The number of carbonyl (C=O) groups is 1. The van der Waals surface area contributed by atoms with E-state index in [4.69, 9.17) is 4.74 Å². The Morgan fingerprint density at radius 3 is 2.63 bits per heavy atom. The Morgan fingerprint density at radius 2 is 2.04 bits per heavy atom. The van der Waals surface area contributed by atoms with Gasteiger partial charge in [0.05, 0.1) is 5.25 Å². The summed E-state index contributed by atoms with van der Waals surface area (Å²) in [6.07, 6.45) is 1.73. The van der Waals surface area contributed by atoms with Gasteiger partial charge in [-0.1, -0.05) is 17.8 Å². The normalized spacial score (nSPS) is 12.5. The first kappa shape index (κ1) is 21.0. The van der Waals surface area contributed by atoms with Gasteiger partial charge < -0.3 is 10.1 Å². The zero-order valence-electron chi connectivity index (χ0n) is 16.0. The molecule has 0 aliphatic rings. The van der Waals surface area contributed by atoms with Crippen LogP contribution in [0.25, 0.3) is 0 Å². The van der Waals surface area contributed by atoms with Crippen LogP contribution in [0.3, 0.4) is 0 Å². The number of carbonyl (C=O) groups excluding carboxylic acids is 1. The number of hydrogen-bond acceptors (Lipinski definition) is 5. The van der Waals surface area contributed by atoms with Crippen LogP contribution in [-0.2, 0) is 17.9 Å². The van der Waals surface area contributed by atoms with E-state index < -0.39 is 0 Å². The fourth-order valence-corrected chi connectivity index (χ4v) is 3.06. The number of amides is 1. The molecular weight excluding hydrogens is 367 g/mol. The van der Waals surface area contributed by atoms with Gasteiger partial charge in [0.2, 0.25) is 5.91 Å². The highest BCUT2D eigenvalue weighted by Crippen LogP contribution is 2.24. The molecule has 0 saturated heterocycles. The summed E-state index contributed by atoms with van der Waals surface area (Å²) in [5.41, 5.74) is -0.297.